The maximum absolute atomic E-state index is 13.1. The number of pyridine rings is 1. The van der Waals surface area contributed by atoms with Gasteiger partial charge in [0.1, 0.15) is 18.0 Å². The van der Waals surface area contributed by atoms with Gasteiger partial charge in [0.15, 0.2) is 0 Å². The SMILES string of the molecule is Cc1ccc2nc(COc3cccc(C(=O)N4CCN(C(=O)CN5CCOCC5)CC4)c3)cn2c1. The first-order valence-electron chi connectivity index (χ1n) is 12.1. The van der Waals surface area contributed by atoms with Crippen LogP contribution in [0, 0.1) is 6.92 Å². The molecular formula is C26H31N5O4. The van der Waals surface area contributed by atoms with Crippen LogP contribution in [0.5, 0.6) is 5.75 Å². The number of amides is 2. The highest BCUT2D eigenvalue weighted by Crippen LogP contribution is 2.18. The Balaban J connectivity index is 1.14. The van der Waals surface area contributed by atoms with Crippen LogP contribution >= 0.6 is 0 Å². The Morgan fingerprint density at radius 2 is 1.74 bits per heavy atom. The van der Waals surface area contributed by atoms with E-state index >= 15 is 0 Å². The van der Waals surface area contributed by atoms with E-state index in [0.29, 0.717) is 63.9 Å². The molecule has 0 bridgehead atoms. The molecule has 4 heterocycles. The first kappa shape index (κ1) is 23.3. The van der Waals surface area contributed by atoms with E-state index in [4.69, 9.17) is 9.47 Å². The van der Waals surface area contributed by atoms with Gasteiger partial charge < -0.3 is 23.7 Å². The minimum absolute atomic E-state index is 0.0427. The number of morpholine rings is 1. The Morgan fingerprint density at radius 1 is 0.971 bits per heavy atom. The summed E-state index contributed by atoms with van der Waals surface area (Å²) in [5.41, 5.74) is 3.45. The predicted octanol–water partition coefficient (Wildman–Crippen LogP) is 1.84. The predicted molar refractivity (Wildman–Crippen MR) is 130 cm³/mol. The normalized spacial score (nSPS) is 17.1. The Labute approximate surface area is 204 Å². The Hall–Kier alpha value is -3.43. The summed E-state index contributed by atoms with van der Waals surface area (Å²) in [4.78, 5) is 36.1. The van der Waals surface area contributed by atoms with Gasteiger partial charge in [0.05, 0.1) is 25.5 Å². The van der Waals surface area contributed by atoms with Crippen LogP contribution in [-0.4, -0.2) is 94.9 Å². The van der Waals surface area contributed by atoms with Crippen LogP contribution in [-0.2, 0) is 16.1 Å². The van der Waals surface area contributed by atoms with Crippen molar-refractivity contribution in [2.45, 2.75) is 13.5 Å². The number of hydrogen-bond acceptors (Lipinski definition) is 6. The molecule has 3 aromatic rings. The zero-order valence-electron chi connectivity index (χ0n) is 20.1. The van der Waals surface area contributed by atoms with Crippen molar-refractivity contribution >= 4 is 17.5 Å². The zero-order valence-corrected chi connectivity index (χ0v) is 20.1. The van der Waals surface area contributed by atoms with Crippen LogP contribution in [0.1, 0.15) is 21.6 Å². The fraction of sp³-hybridized carbons (Fsp3) is 0.423. The van der Waals surface area contributed by atoms with Crippen molar-refractivity contribution in [3.63, 3.8) is 0 Å². The average molecular weight is 478 g/mol. The highest BCUT2D eigenvalue weighted by atomic mass is 16.5. The number of aromatic nitrogens is 2. The van der Waals surface area contributed by atoms with E-state index in [1.165, 1.54) is 0 Å². The fourth-order valence-corrected chi connectivity index (χ4v) is 4.49. The molecule has 2 amide bonds. The van der Waals surface area contributed by atoms with Gasteiger partial charge in [-0.1, -0.05) is 12.1 Å². The van der Waals surface area contributed by atoms with Crippen molar-refractivity contribution in [2.24, 2.45) is 0 Å². The summed E-state index contributed by atoms with van der Waals surface area (Å²) in [5, 5.41) is 0. The highest BCUT2D eigenvalue weighted by molar-refractivity contribution is 5.94. The summed E-state index contributed by atoms with van der Waals surface area (Å²) in [5.74, 6) is 0.707. The van der Waals surface area contributed by atoms with Crippen molar-refractivity contribution in [2.75, 3.05) is 59.0 Å². The molecule has 2 saturated heterocycles. The summed E-state index contributed by atoms with van der Waals surface area (Å²) < 4.78 is 13.3. The first-order chi connectivity index (χ1) is 17.0. The topological polar surface area (TPSA) is 79.6 Å². The van der Waals surface area contributed by atoms with E-state index in [2.05, 4.69) is 9.88 Å². The summed E-state index contributed by atoms with van der Waals surface area (Å²) in [7, 11) is 0. The smallest absolute Gasteiger partial charge is 0.254 e. The van der Waals surface area contributed by atoms with Gasteiger partial charge in [0.25, 0.3) is 5.91 Å². The number of nitrogens with zero attached hydrogens (tertiary/aromatic N) is 5. The van der Waals surface area contributed by atoms with E-state index in [1.807, 2.05) is 57.8 Å². The van der Waals surface area contributed by atoms with Crippen LogP contribution in [0.4, 0.5) is 0 Å². The molecule has 35 heavy (non-hydrogen) atoms. The molecule has 0 unspecified atom stereocenters. The molecule has 0 spiro atoms. The van der Waals surface area contributed by atoms with Gasteiger partial charge in [-0.05, 0) is 36.8 Å². The number of hydrogen-bond donors (Lipinski definition) is 0. The Kier molecular flexibility index (Phi) is 6.96. The standard InChI is InChI=1S/C26H31N5O4/c1-20-5-6-24-27-22(17-31(24)16-20)19-35-23-4-2-3-21(15-23)26(33)30-9-7-29(8-10-30)25(32)18-28-11-13-34-14-12-28/h2-6,15-17H,7-14,18-19H2,1H3. The molecule has 0 aliphatic carbocycles. The number of rotatable bonds is 6. The van der Waals surface area contributed by atoms with Crippen LogP contribution in [0.15, 0.2) is 48.8 Å². The Bertz CT molecular complexity index is 1200. The first-order valence-corrected chi connectivity index (χ1v) is 12.1. The van der Waals surface area contributed by atoms with E-state index < -0.39 is 0 Å². The maximum atomic E-state index is 13.1. The van der Waals surface area contributed by atoms with Gasteiger partial charge in [-0.15, -0.1) is 0 Å². The minimum Gasteiger partial charge on any atom is -0.487 e. The van der Waals surface area contributed by atoms with E-state index in [9.17, 15) is 9.59 Å². The maximum Gasteiger partial charge on any atom is 0.254 e. The summed E-state index contributed by atoms with van der Waals surface area (Å²) in [6.07, 6.45) is 3.98. The molecule has 184 valence electrons. The van der Waals surface area contributed by atoms with Crippen LogP contribution < -0.4 is 4.74 Å². The number of benzene rings is 1. The molecule has 9 nitrogen and oxygen atoms in total. The molecule has 2 aliphatic rings. The van der Waals surface area contributed by atoms with Gasteiger partial charge in [0.2, 0.25) is 5.91 Å². The molecule has 2 fully saturated rings. The van der Waals surface area contributed by atoms with Crippen molar-refractivity contribution in [1.82, 2.24) is 24.1 Å². The Morgan fingerprint density at radius 3 is 2.54 bits per heavy atom. The molecule has 9 heteroatoms. The van der Waals surface area contributed by atoms with Crippen molar-refractivity contribution in [1.29, 1.82) is 0 Å². The number of aryl methyl sites for hydroxylation is 1. The average Bonchev–Trinajstić information content (AvgIpc) is 3.30. The zero-order chi connectivity index (χ0) is 24.2. The number of fused-ring (bicyclic) bond motifs is 1. The monoisotopic (exact) mass is 477 g/mol. The minimum atomic E-state index is -0.0427. The van der Waals surface area contributed by atoms with Crippen LogP contribution in [0.2, 0.25) is 0 Å². The van der Waals surface area contributed by atoms with Gasteiger partial charge in [-0.2, -0.15) is 0 Å². The third kappa shape index (κ3) is 5.63. The highest BCUT2D eigenvalue weighted by Gasteiger charge is 2.26. The second-order valence-corrected chi connectivity index (χ2v) is 9.08. The van der Waals surface area contributed by atoms with Gasteiger partial charge in [0, 0.05) is 57.2 Å². The molecular weight excluding hydrogens is 446 g/mol. The van der Waals surface area contributed by atoms with Crippen LogP contribution in [0.3, 0.4) is 0 Å². The number of piperazine rings is 1. The summed E-state index contributed by atoms with van der Waals surface area (Å²) in [6, 6.07) is 11.3. The lowest BCUT2D eigenvalue weighted by Gasteiger charge is -2.36. The van der Waals surface area contributed by atoms with Crippen molar-refractivity contribution in [3.8, 4) is 5.75 Å². The molecule has 0 N–H and O–H groups in total. The van der Waals surface area contributed by atoms with Gasteiger partial charge in [-0.3, -0.25) is 14.5 Å². The number of imidazole rings is 1. The second-order valence-electron chi connectivity index (χ2n) is 9.08. The number of carbonyl (C=O) groups excluding carboxylic acids is 2. The molecule has 0 atom stereocenters. The number of carbonyl (C=O) groups is 2. The van der Waals surface area contributed by atoms with Gasteiger partial charge in [-0.25, -0.2) is 4.98 Å². The molecule has 2 aliphatic heterocycles. The fourth-order valence-electron chi connectivity index (χ4n) is 4.49. The van der Waals surface area contributed by atoms with Crippen molar-refractivity contribution in [3.05, 3.63) is 65.6 Å². The van der Waals surface area contributed by atoms with E-state index in [1.54, 1.807) is 12.1 Å². The lowest BCUT2D eigenvalue weighted by atomic mass is 10.1. The third-order valence-electron chi connectivity index (χ3n) is 6.50. The van der Waals surface area contributed by atoms with E-state index in [-0.39, 0.29) is 11.8 Å². The van der Waals surface area contributed by atoms with Crippen molar-refractivity contribution < 1.29 is 19.1 Å². The molecule has 0 saturated carbocycles. The number of ether oxygens (including phenoxy) is 2. The molecule has 5 rings (SSSR count). The molecule has 1 aromatic carbocycles. The molecule has 2 aromatic heterocycles. The van der Waals surface area contributed by atoms with Gasteiger partial charge >= 0.3 is 0 Å². The lowest BCUT2D eigenvalue weighted by Crippen LogP contribution is -2.53. The quantitative estimate of drug-likeness (QED) is 0.539. The summed E-state index contributed by atoms with van der Waals surface area (Å²) in [6.45, 7) is 7.88. The molecule has 0 radical (unpaired) electrons. The third-order valence-corrected chi connectivity index (χ3v) is 6.50. The van der Waals surface area contributed by atoms with E-state index in [0.717, 1.165) is 30.0 Å². The largest absolute Gasteiger partial charge is 0.487 e. The van der Waals surface area contributed by atoms with Crippen LogP contribution in [0.25, 0.3) is 5.65 Å². The summed E-state index contributed by atoms with van der Waals surface area (Å²) >= 11 is 0. The second kappa shape index (κ2) is 10.5. The lowest BCUT2D eigenvalue weighted by molar-refractivity contribution is -0.134.